The molecule has 0 bridgehead atoms. The van der Waals surface area contributed by atoms with Crippen molar-refractivity contribution in [3.8, 4) is 11.3 Å². The minimum Gasteiger partial charge on any atom is -0.383 e. The van der Waals surface area contributed by atoms with Gasteiger partial charge in [-0.15, -0.1) is 0 Å². The van der Waals surface area contributed by atoms with Crippen LogP contribution in [0.2, 0.25) is 0 Å². The van der Waals surface area contributed by atoms with E-state index in [2.05, 4.69) is 10.1 Å². The minimum absolute atomic E-state index is 0.475. The maximum Gasteiger partial charge on any atom is 0.137 e. The summed E-state index contributed by atoms with van der Waals surface area (Å²) in [4.78, 5) is 3.99. The third kappa shape index (κ3) is 1.46. The Morgan fingerprint density at radius 3 is 3.00 bits per heavy atom. The van der Waals surface area contributed by atoms with Crippen LogP contribution >= 0.6 is 0 Å². The lowest BCUT2D eigenvalue weighted by Gasteiger charge is -1.97. The SMILES string of the molecule is CCc1cc(-c2cccnc2N)no1. The molecule has 2 aromatic heterocycles. The van der Waals surface area contributed by atoms with Crippen molar-refractivity contribution in [2.45, 2.75) is 13.3 Å². The van der Waals surface area contributed by atoms with Gasteiger partial charge in [0.15, 0.2) is 0 Å². The number of hydrogen-bond donors (Lipinski definition) is 1. The van der Waals surface area contributed by atoms with Crippen LogP contribution in [0.3, 0.4) is 0 Å². The average molecular weight is 189 g/mol. The number of aryl methyl sites for hydroxylation is 1. The Kier molecular flexibility index (Phi) is 2.18. The second-order valence-corrected chi connectivity index (χ2v) is 2.97. The Morgan fingerprint density at radius 1 is 1.50 bits per heavy atom. The van der Waals surface area contributed by atoms with E-state index < -0.39 is 0 Å². The summed E-state index contributed by atoms with van der Waals surface area (Å²) in [6.07, 6.45) is 2.48. The molecular weight excluding hydrogens is 178 g/mol. The van der Waals surface area contributed by atoms with Crippen molar-refractivity contribution in [2.24, 2.45) is 0 Å². The highest BCUT2D eigenvalue weighted by atomic mass is 16.5. The number of rotatable bonds is 2. The van der Waals surface area contributed by atoms with E-state index in [9.17, 15) is 0 Å². The highest BCUT2D eigenvalue weighted by molar-refractivity contribution is 5.70. The number of nitrogen functional groups attached to an aromatic ring is 1. The Hall–Kier alpha value is -1.84. The molecule has 0 aromatic carbocycles. The van der Waals surface area contributed by atoms with Gasteiger partial charge in [0.2, 0.25) is 0 Å². The maximum atomic E-state index is 5.71. The van der Waals surface area contributed by atoms with E-state index >= 15 is 0 Å². The number of aromatic nitrogens is 2. The number of hydrogen-bond acceptors (Lipinski definition) is 4. The fourth-order valence-corrected chi connectivity index (χ4v) is 1.24. The lowest BCUT2D eigenvalue weighted by atomic mass is 10.2. The molecule has 2 N–H and O–H groups in total. The predicted octanol–water partition coefficient (Wildman–Crippen LogP) is 1.88. The normalized spacial score (nSPS) is 10.4. The van der Waals surface area contributed by atoms with Gasteiger partial charge in [-0.05, 0) is 12.1 Å². The Bertz CT molecular complexity index is 436. The van der Waals surface area contributed by atoms with Crippen LogP contribution in [0.4, 0.5) is 5.82 Å². The van der Waals surface area contributed by atoms with Crippen molar-refractivity contribution in [3.63, 3.8) is 0 Å². The lowest BCUT2D eigenvalue weighted by molar-refractivity contribution is 0.389. The summed E-state index contributed by atoms with van der Waals surface area (Å²) in [5.41, 5.74) is 7.27. The molecule has 0 aliphatic rings. The fourth-order valence-electron chi connectivity index (χ4n) is 1.24. The summed E-state index contributed by atoms with van der Waals surface area (Å²) in [7, 11) is 0. The molecule has 0 aliphatic carbocycles. The highest BCUT2D eigenvalue weighted by Crippen LogP contribution is 2.23. The van der Waals surface area contributed by atoms with E-state index in [0.29, 0.717) is 5.82 Å². The van der Waals surface area contributed by atoms with Gasteiger partial charge in [-0.1, -0.05) is 12.1 Å². The quantitative estimate of drug-likeness (QED) is 0.783. The lowest BCUT2D eigenvalue weighted by Crippen LogP contribution is -1.92. The van der Waals surface area contributed by atoms with Crippen molar-refractivity contribution in [1.82, 2.24) is 10.1 Å². The third-order valence-corrected chi connectivity index (χ3v) is 2.02. The van der Waals surface area contributed by atoms with Gasteiger partial charge < -0.3 is 10.3 Å². The summed E-state index contributed by atoms with van der Waals surface area (Å²) in [6, 6.07) is 5.58. The average Bonchev–Trinajstić information content (AvgIpc) is 2.67. The van der Waals surface area contributed by atoms with Gasteiger partial charge in [-0.2, -0.15) is 0 Å². The van der Waals surface area contributed by atoms with Crippen LogP contribution in [0.1, 0.15) is 12.7 Å². The Labute approximate surface area is 81.7 Å². The van der Waals surface area contributed by atoms with Crippen molar-refractivity contribution < 1.29 is 4.52 Å². The molecule has 0 fully saturated rings. The molecule has 4 heteroatoms. The molecule has 0 unspecified atom stereocenters. The first kappa shape index (κ1) is 8.74. The molecule has 0 amide bonds. The van der Waals surface area contributed by atoms with Crippen LogP contribution in [-0.2, 0) is 6.42 Å². The summed E-state index contributed by atoms with van der Waals surface area (Å²) >= 11 is 0. The highest BCUT2D eigenvalue weighted by Gasteiger charge is 2.08. The van der Waals surface area contributed by atoms with E-state index in [0.717, 1.165) is 23.4 Å². The zero-order chi connectivity index (χ0) is 9.97. The van der Waals surface area contributed by atoms with Gasteiger partial charge in [0.05, 0.1) is 0 Å². The van der Waals surface area contributed by atoms with E-state index in [1.54, 1.807) is 6.20 Å². The van der Waals surface area contributed by atoms with Crippen molar-refractivity contribution in [3.05, 3.63) is 30.2 Å². The molecule has 0 spiro atoms. The minimum atomic E-state index is 0.475. The molecule has 4 nitrogen and oxygen atoms in total. The van der Waals surface area contributed by atoms with E-state index in [1.807, 2.05) is 25.1 Å². The van der Waals surface area contributed by atoms with Crippen molar-refractivity contribution in [2.75, 3.05) is 5.73 Å². The standard InChI is InChI=1S/C10H11N3O/c1-2-7-6-9(13-14-7)8-4-3-5-12-10(8)11/h3-6H,2H2,1H3,(H2,11,12). The molecule has 0 saturated heterocycles. The zero-order valence-corrected chi connectivity index (χ0v) is 7.90. The summed E-state index contributed by atoms with van der Waals surface area (Å²) < 4.78 is 5.09. The fraction of sp³-hybridized carbons (Fsp3) is 0.200. The number of nitrogens with two attached hydrogens (primary N) is 1. The Balaban J connectivity index is 2.44. The molecule has 2 rings (SSSR count). The smallest absolute Gasteiger partial charge is 0.137 e. The predicted molar refractivity (Wildman–Crippen MR) is 53.5 cm³/mol. The second-order valence-electron chi connectivity index (χ2n) is 2.97. The van der Waals surface area contributed by atoms with Crippen LogP contribution in [0.15, 0.2) is 28.9 Å². The molecule has 2 heterocycles. The summed E-state index contributed by atoms with van der Waals surface area (Å²) in [5, 5.41) is 3.92. The molecule has 2 aromatic rings. The number of anilines is 1. The van der Waals surface area contributed by atoms with Crippen LogP contribution in [0.25, 0.3) is 11.3 Å². The van der Waals surface area contributed by atoms with E-state index in [4.69, 9.17) is 10.3 Å². The maximum absolute atomic E-state index is 5.71. The first-order chi connectivity index (χ1) is 6.81. The van der Waals surface area contributed by atoms with Crippen molar-refractivity contribution in [1.29, 1.82) is 0 Å². The Morgan fingerprint density at radius 2 is 2.36 bits per heavy atom. The molecule has 14 heavy (non-hydrogen) atoms. The molecule has 0 saturated carbocycles. The van der Waals surface area contributed by atoms with Gasteiger partial charge >= 0.3 is 0 Å². The van der Waals surface area contributed by atoms with E-state index in [-0.39, 0.29) is 0 Å². The van der Waals surface area contributed by atoms with Crippen LogP contribution < -0.4 is 5.73 Å². The monoisotopic (exact) mass is 189 g/mol. The molecule has 0 radical (unpaired) electrons. The third-order valence-electron chi connectivity index (χ3n) is 2.02. The first-order valence-electron chi connectivity index (χ1n) is 4.47. The second kappa shape index (κ2) is 3.49. The van der Waals surface area contributed by atoms with Crippen LogP contribution in [-0.4, -0.2) is 10.1 Å². The number of pyridine rings is 1. The van der Waals surface area contributed by atoms with Gasteiger partial charge in [0, 0.05) is 24.2 Å². The number of nitrogens with zero attached hydrogens (tertiary/aromatic N) is 2. The first-order valence-corrected chi connectivity index (χ1v) is 4.47. The van der Waals surface area contributed by atoms with Gasteiger partial charge in [0.25, 0.3) is 0 Å². The van der Waals surface area contributed by atoms with Crippen molar-refractivity contribution >= 4 is 5.82 Å². The molecule has 0 aliphatic heterocycles. The van der Waals surface area contributed by atoms with Gasteiger partial charge in [0.1, 0.15) is 17.3 Å². The largest absolute Gasteiger partial charge is 0.383 e. The van der Waals surface area contributed by atoms with Crippen LogP contribution in [0.5, 0.6) is 0 Å². The zero-order valence-electron chi connectivity index (χ0n) is 7.90. The molecular formula is C10H11N3O. The molecule has 72 valence electrons. The summed E-state index contributed by atoms with van der Waals surface area (Å²) in [5.74, 6) is 1.33. The van der Waals surface area contributed by atoms with Gasteiger partial charge in [-0.3, -0.25) is 0 Å². The molecule has 0 atom stereocenters. The summed E-state index contributed by atoms with van der Waals surface area (Å²) in [6.45, 7) is 2.01. The van der Waals surface area contributed by atoms with E-state index in [1.165, 1.54) is 0 Å². The van der Waals surface area contributed by atoms with Crippen LogP contribution in [0, 0.1) is 0 Å². The topological polar surface area (TPSA) is 64.9 Å². The van der Waals surface area contributed by atoms with Gasteiger partial charge in [-0.25, -0.2) is 4.98 Å².